The quantitative estimate of drug-likeness (QED) is 0.787. The summed E-state index contributed by atoms with van der Waals surface area (Å²) < 4.78 is 1.85. The molecule has 4 nitrogen and oxygen atoms in total. The van der Waals surface area contributed by atoms with Crippen molar-refractivity contribution in [2.75, 3.05) is 6.54 Å². The number of carbonyl (C=O) groups is 1. The van der Waals surface area contributed by atoms with E-state index in [1.165, 1.54) is 19.3 Å². The van der Waals surface area contributed by atoms with Crippen LogP contribution in [-0.4, -0.2) is 28.2 Å². The summed E-state index contributed by atoms with van der Waals surface area (Å²) in [5, 5.41) is 7.68. The highest BCUT2D eigenvalue weighted by molar-refractivity contribution is 5.95. The third-order valence-corrected chi connectivity index (χ3v) is 3.54. The maximum absolute atomic E-state index is 12.0. The first kappa shape index (κ1) is 13.3. The zero-order valence-corrected chi connectivity index (χ0v) is 11.2. The first-order valence-corrected chi connectivity index (χ1v) is 7.08. The molecule has 1 aliphatic heterocycles. The van der Waals surface area contributed by atoms with Gasteiger partial charge < -0.3 is 5.32 Å². The van der Waals surface area contributed by atoms with E-state index in [2.05, 4.69) is 17.3 Å². The second-order valence-corrected chi connectivity index (χ2v) is 5.10. The highest BCUT2D eigenvalue weighted by atomic mass is 16.1. The Labute approximate surface area is 109 Å². The van der Waals surface area contributed by atoms with Crippen LogP contribution in [0.2, 0.25) is 0 Å². The van der Waals surface area contributed by atoms with Crippen molar-refractivity contribution in [1.82, 2.24) is 15.1 Å². The van der Waals surface area contributed by atoms with Gasteiger partial charge in [0.1, 0.15) is 0 Å². The van der Waals surface area contributed by atoms with Gasteiger partial charge in [-0.15, -0.1) is 0 Å². The maximum Gasteiger partial charge on any atom is 0.166 e. The molecule has 0 aromatic carbocycles. The molecule has 1 unspecified atom stereocenters. The molecule has 4 heteroatoms. The molecule has 1 aromatic heterocycles. The Bertz CT molecular complexity index is 380. The Morgan fingerprint density at radius 2 is 2.44 bits per heavy atom. The fourth-order valence-electron chi connectivity index (χ4n) is 2.48. The van der Waals surface area contributed by atoms with Crippen molar-refractivity contribution in [3.8, 4) is 0 Å². The lowest BCUT2D eigenvalue weighted by Crippen LogP contribution is -2.34. The van der Waals surface area contributed by atoms with Crippen LogP contribution in [0.25, 0.3) is 0 Å². The predicted octanol–water partition coefficient (Wildman–Crippen LogP) is 2.40. The molecule has 100 valence electrons. The summed E-state index contributed by atoms with van der Waals surface area (Å²) in [5.74, 6) is 0.227. The average Bonchev–Trinajstić information content (AvgIpc) is 2.86. The van der Waals surface area contributed by atoms with Gasteiger partial charge in [0.2, 0.25) is 0 Å². The number of piperidine rings is 1. The summed E-state index contributed by atoms with van der Waals surface area (Å²) in [6.07, 6.45) is 9.98. The molecule has 18 heavy (non-hydrogen) atoms. The van der Waals surface area contributed by atoms with Crippen molar-refractivity contribution < 1.29 is 4.79 Å². The van der Waals surface area contributed by atoms with E-state index in [4.69, 9.17) is 0 Å². The van der Waals surface area contributed by atoms with Gasteiger partial charge in [-0.25, -0.2) is 0 Å². The van der Waals surface area contributed by atoms with Crippen LogP contribution in [0, 0.1) is 0 Å². The topological polar surface area (TPSA) is 46.9 Å². The van der Waals surface area contributed by atoms with Crippen LogP contribution in [-0.2, 0) is 6.54 Å². The second kappa shape index (κ2) is 6.69. The molecule has 1 aliphatic rings. The number of nitrogens with one attached hydrogen (secondary N) is 1. The molecule has 0 spiro atoms. The van der Waals surface area contributed by atoms with Crippen LogP contribution in [0.4, 0.5) is 0 Å². The number of rotatable bonds is 6. The minimum absolute atomic E-state index is 0.227. The molecule has 1 fully saturated rings. The second-order valence-electron chi connectivity index (χ2n) is 5.10. The standard InChI is InChI=1S/C14H23N3O/c1-2-9-17-11-12(10-16-17)14(18)7-6-13-5-3-4-8-15-13/h10-11,13,15H,2-9H2,1H3. The Morgan fingerprint density at radius 1 is 1.56 bits per heavy atom. The van der Waals surface area contributed by atoms with Crippen molar-refractivity contribution in [3.05, 3.63) is 18.0 Å². The fourth-order valence-corrected chi connectivity index (χ4v) is 2.48. The number of ketones is 1. The summed E-state index contributed by atoms with van der Waals surface area (Å²) in [6, 6.07) is 0.536. The highest BCUT2D eigenvalue weighted by Crippen LogP contribution is 2.14. The number of aromatic nitrogens is 2. The van der Waals surface area contributed by atoms with Crippen molar-refractivity contribution in [2.24, 2.45) is 0 Å². The van der Waals surface area contributed by atoms with Crippen LogP contribution in [0.5, 0.6) is 0 Å². The van der Waals surface area contributed by atoms with E-state index in [0.717, 1.165) is 31.5 Å². The first-order valence-electron chi connectivity index (χ1n) is 7.08. The molecule has 0 aliphatic carbocycles. The molecule has 2 heterocycles. The maximum atomic E-state index is 12.0. The molecule has 1 aromatic rings. The zero-order chi connectivity index (χ0) is 12.8. The predicted molar refractivity (Wildman–Crippen MR) is 71.7 cm³/mol. The van der Waals surface area contributed by atoms with Crippen molar-refractivity contribution in [1.29, 1.82) is 0 Å². The summed E-state index contributed by atoms with van der Waals surface area (Å²) >= 11 is 0. The SMILES string of the molecule is CCCn1cc(C(=O)CCC2CCCCN2)cn1. The minimum atomic E-state index is 0.227. The lowest BCUT2D eigenvalue weighted by Gasteiger charge is -2.22. The van der Waals surface area contributed by atoms with Gasteiger partial charge in [0, 0.05) is 25.2 Å². The molecule has 0 radical (unpaired) electrons. The van der Waals surface area contributed by atoms with Crippen LogP contribution in [0.3, 0.4) is 0 Å². The van der Waals surface area contributed by atoms with Crippen LogP contribution in [0.15, 0.2) is 12.4 Å². The molecule has 0 amide bonds. The Hall–Kier alpha value is -1.16. The van der Waals surface area contributed by atoms with Gasteiger partial charge >= 0.3 is 0 Å². The smallest absolute Gasteiger partial charge is 0.166 e. The van der Waals surface area contributed by atoms with E-state index in [0.29, 0.717) is 12.5 Å². The number of hydrogen-bond acceptors (Lipinski definition) is 3. The number of Topliss-reactive ketones (excluding diaryl/α,β-unsaturated/α-hetero) is 1. The van der Waals surface area contributed by atoms with Crippen LogP contribution < -0.4 is 5.32 Å². The molecular weight excluding hydrogens is 226 g/mol. The molecule has 1 N–H and O–H groups in total. The lowest BCUT2D eigenvalue weighted by molar-refractivity contribution is 0.0974. The normalized spacial score (nSPS) is 19.9. The van der Waals surface area contributed by atoms with E-state index >= 15 is 0 Å². The molecule has 0 saturated carbocycles. The number of carbonyl (C=O) groups excluding carboxylic acids is 1. The lowest BCUT2D eigenvalue weighted by atomic mass is 9.98. The van der Waals surface area contributed by atoms with Gasteiger partial charge in [0.15, 0.2) is 5.78 Å². The van der Waals surface area contributed by atoms with Crippen molar-refractivity contribution >= 4 is 5.78 Å². The van der Waals surface area contributed by atoms with Gasteiger partial charge in [-0.3, -0.25) is 9.48 Å². The Balaban J connectivity index is 1.79. The van der Waals surface area contributed by atoms with Gasteiger partial charge in [0.25, 0.3) is 0 Å². The summed E-state index contributed by atoms with van der Waals surface area (Å²) in [7, 11) is 0. The summed E-state index contributed by atoms with van der Waals surface area (Å²) in [6.45, 7) is 4.10. The van der Waals surface area contributed by atoms with Gasteiger partial charge in [0.05, 0.1) is 11.8 Å². The van der Waals surface area contributed by atoms with Gasteiger partial charge in [-0.1, -0.05) is 13.3 Å². The monoisotopic (exact) mass is 249 g/mol. The van der Waals surface area contributed by atoms with E-state index in [9.17, 15) is 4.79 Å². The Morgan fingerprint density at radius 3 is 3.17 bits per heavy atom. The number of hydrogen-bond donors (Lipinski definition) is 1. The van der Waals surface area contributed by atoms with E-state index in [1.54, 1.807) is 6.20 Å². The van der Waals surface area contributed by atoms with Crippen molar-refractivity contribution in [2.45, 2.75) is 58.0 Å². The third-order valence-electron chi connectivity index (χ3n) is 3.54. The largest absolute Gasteiger partial charge is 0.314 e. The number of aryl methyl sites for hydroxylation is 1. The number of nitrogens with zero attached hydrogens (tertiary/aromatic N) is 2. The molecule has 1 atom stereocenters. The molecular formula is C14H23N3O. The van der Waals surface area contributed by atoms with E-state index in [1.807, 2.05) is 10.9 Å². The Kier molecular flexibility index (Phi) is 4.93. The van der Waals surface area contributed by atoms with Gasteiger partial charge in [-0.2, -0.15) is 5.10 Å². The van der Waals surface area contributed by atoms with Crippen LogP contribution >= 0.6 is 0 Å². The van der Waals surface area contributed by atoms with Gasteiger partial charge in [-0.05, 0) is 32.2 Å². The third kappa shape index (κ3) is 3.67. The zero-order valence-electron chi connectivity index (χ0n) is 11.2. The minimum Gasteiger partial charge on any atom is -0.314 e. The molecule has 0 bridgehead atoms. The summed E-state index contributed by atoms with van der Waals surface area (Å²) in [4.78, 5) is 12.0. The first-order chi connectivity index (χ1) is 8.79. The van der Waals surface area contributed by atoms with Crippen LogP contribution in [0.1, 0.15) is 55.8 Å². The van der Waals surface area contributed by atoms with E-state index < -0.39 is 0 Å². The highest BCUT2D eigenvalue weighted by Gasteiger charge is 2.15. The fraction of sp³-hybridized carbons (Fsp3) is 0.714. The molecule has 1 saturated heterocycles. The van der Waals surface area contributed by atoms with E-state index in [-0.39, 0.29) is 5.78 Å². The average molecular weight is 249 g/mol. The molecule has 2 rings (SSSR count). The van der Waals surface area contributed by atoms with Crippen molar-refractivity contribution in [3.63, 3.8) is 0 Å². The summed E-state index contributed by atoms with van der Waals surface area (Å²) in [5.41, 5.74) is 0.763.